The zero-order chi connectivity index (χ0) is 59.8. The van der Waals surface area contributed by atoms with Gasteiger partial charge in [-0.3, -0.25) is 14.2 Å². The van der Waals surface area contributed by atoms with Gasteiger partial charge in [0.1, 0.15) is 19.8 Å². The van der Waals surface area contributed by atoms with E-state index >= 15 is 0 Å². The molecule has 0 aliphatic rings. The Morgan fingerprint density at radius 3 is 0.976 bits per heavy atom. The molecule has 0 heterocycles. The van der Waals surface area contributed by atoms with Gasteiger partial charge in [0, 0.05) is 12.8 Å². The Kier molecular flexibility index (Phi) is 57.9. The third-order valence-corrected chi connectivity index (χ3v) is 14.0. The van der Waals surface area contributed by atoms with E-state index in [9.17, 15) is 19.0 Å². The Hall–Kier alpha value is -4.37. The average molecular weight is 1160 g/mol. The van der Waals surface area contributed by atoms with Gasteiger partial charge in [-0.25, -0.2) is 0 Å². The summed E-state index contributed by atoms with van der Waals surface area (Å²) in [5.41, 5.74) is 0. The van der Waals surface area contributed by atoms with Gasteiger partial charge in [0.25, 0.3) is 7.82 Å². The summed E-state index contributed by atoms with van der Waals surface area (Å²) in [4.78, 5) is 37.9. The normalized spacial score (nSPS) is 14.3. The monoisotopic (exact) mass is 1160 g/mol. The fourth-order valence-electron chi connectivity index (χ4n) is 8.17. The standard InChI is InChI=1S/C72H118NO8P/c1-6-8-10-12-14-16-18-20-22-24-26-27-28-29-30-31-32-33-34-35-36-37-38-39-40-41-42-43-44-45-47-49-51-53-55-57-59-61-63-65-72(75)81-70(69-80-82(76,77)79-67-66-73(3,4)5)68-78-71(74)64-62-60-58-56-54-52-50-48-46-25-23-21-19-17-15-13-11-9-7-2/h8-11,14-17,20-23,26-27,29-30,32-33,35-36,38-39,41-42,46,48,70H,6-7,12-13,18-19,24-25,28,31,34,37,40,43-45,47,49-69H2,1-5H3/b10-8-,11-9-,16-14-,17-15-,22-20-,23-21-,27-26-,30-29-,33-32-,36-35-,39-38-,42-41-,48-46-. The van der Waals surface area contributed by atoms with Crippen LogP contribution in [0.25, 0.3) is 0 Å². The van der Waals surface area contributed by atoms with Crippen molar-refractivity contribution in [1.82, 2.24) is 0 Å². The maximum atomic E-state index is 12.8. The molecule has 2 unspecified atom stereocenters. The van der Waals surface area contributed by atoms with Crippen molar-refractivity contribution in [3.63, 3.8) is 0 Å². The van der Waals surface area contributed by atoms with E-state index in [2.05, 4.69) is 172 Å². The van der Waals surface area contributed by atoms with E-state index in [1.807, 2.05) is 21.1 Å². The molecule has 0 rings (SSSR count). The second-order valence-corrected chi connectivity index (χ2v) is 23.4. The molecule has 0 aromatic rings. The van der Waals surface area contributed by atoms with Crippen LogP contribution in [-0.2, 0) is 32.7 Å². The van der Waals surface area contributed by atoms with Crippen LogP contribution in [0.2, 0.25) is 0 Å². The number of rotatable bonds is 57. The molecule has 0 aromatic carbocycles. The highest BCUT2D eigenvalue weighted by Crippen LogP contribution is 2.38. The number of carbonyl (C=O) groups excluding carboxylic acids is 2. The molecule has 0 aliphatic carbocycles. The van der Waals surface area contributed by atoms with Crippen molar-refractivity contribution in [3.05, 3.63) is 158 Å². The van der Waals surface area contributed by atoms with Crippen molar-refractivity contribution in [2.24, 2.45) is 0 Å². The molecule has 0 aliphatic heterocycles. The third kappa shape index (κ3) is 64.8. The molecule has 82 heavy (non-hydrogen) atoms. The van der Waals surface area contributed by atoms with Crippen LogP contribution in [0.1, 0.15) is 232 Å². The number of hydrogen-bond donors (Lipinski definition) is 0. The van der Waals surface area contributed by atoms with Crippen LogP contribution in [0.5, 0.6) is 0 Å². The van der Waals surface area contributed by atoms with E-state index in [1.165, 1.54) is 44.9 Å². The molecule has 0 saturated carbocycles. The number of carbonyl (C=O) groups is 2. The van der Waals surface area contributed by atoms with Gasteiger partial charge in [-0.15, -0.1) is 0 Å². The molecule has 0 aromatic heterocycles. The largest absolute Gasteiger partial charge is 0.756 e. The minimum atomic E-state index is -4.65. The van der Waals surface area contributed by atoms with Gasteiger partial charge in [-0.05, 0) is 122 Å². The predicted molar refractivity (Wildman–Crippen MR) is 350 cm³/mol. The molecule has 0 saturated heterocycles. The van der Waals surface area contributed by atoms with Crippen molar-refractivity contribution >= 4 is 19.8 Å². The van der Waals surface area contributed by atoms with Crippen molar-refractivity contribution in [3.8, 4) is 0 Å². The maximum absolute atomic E-state index is 12.8. The first-order valence-corrected chi connectivity index (χ1v) is 33.7. The second kappa shape index (κ2) is 61.2. The summed E-state index contributed by atoms with van der Waals surface area (Å²) in [5.74, 6) is -0.862. The summed E-state index contributed by atoms with van der Waals surface area (Å²) in [5, 5.41) is 0. The Labute approximate surface area is 503 Å². The van der Waals surface area contributed by atoms with Gasteiger partial charge >= 0.3 is 11.9 Å². The summed E-state index contributed by atoms with van der Waals surface area (Å²) in [6, 6.07) is 0. The molecule has 0 fully saturated rings. The lowest BCUT2D eigenvalue weighted by Gasteiger charge is -2.28. The smallest absolute Gasteiger partial charge is 0.306 e. The molecule has 0 N–H and O–H groups in total. The van der Waals surface area contributed by atoms with E-state index in [-0.39, 0.29) is 26.1 Å². The quantitative estimate of drug-likeness (QED) is 0.0195. The Bertz CT molecular complexity index is 1940. The molecule has 0 spiro atoms. The van der Waals surface area contributed by atoms with Gasteiger partial charge in [-0.2, -0.15) is 0 Å². The Balaban J connectivity index is 4.12. The van der Waals surface area contributed by atoms with Gasteiger partial charge in [0.15, 0.2) is 6.10 Å². The average Bonchev–Trinajstić information content (AvgIpc) is 3.46. The minimum Gasteiger partial charge on any atom is -0.756 e. The summed E-state index contributed by atoms with van der Waals surface area (Å²) >= 11 is 0. The van der Waals surface area contributed by atoms with E-state index in [1.54, 1.807) is 0 Å². The van der Waals surface area contributed by atoms with Gasteiger partial charge in [-0.1, -0.05) is 255 Å². The Morgan fingerprint density at radius 2 is 0.659 bits per heavy atom. The first-order chi connectivity index (χ1) is 40.0. The van der Waals surface area contributed by atoms with Gasteiger partial charge in [0.05, 0.1) is 27.7 Å². The van der Waals surface area contributed by atoms with Crippen LogP contribution in [0.3, 0.4) is 0 Å². The molecule has 464 valence electrons. The summed E-state index contributed by atoms with van der Waals surface area (Å²) in [7, 11) is 1.14. The summed E-state index contributed by atoms with van der Waals surface area (Å²) < 4.78 is 34.2. The van der Waals surface area contributed by atoms with Crippen LogP contribution < -0.4 is 4.89 Å². The predicted octanol–water partition coefficient (Wildman–Crippen LogP) is 20.2. The number of phosphoric ester groups is 1. The fourth-order valence-corrected chi connectivity index (χ4v) is 8.90. The number of ether oxygens (including phenoxy) is 2. The highest BCUT2D eigenvalue weighted by Gasteiger charge is 2.22. The second-order valence-electron chi connectivity index (χ2n) is 22.0. The van der Waals surface area contributed by atoms with Crippen molar-refractivity contribution in [2.45, 2.75) is 238 Å². The first kappa shape index (κ1) is 77.6. The lowest BCUT2D eigenvalue weighted by Crippen LogP contribution is -2.37. The number of hydrogen-bond acceptors (Lipinski definition) is 8. The number of phosphoric acid groups is 1. The van der Waals surface area contributed by atoms with E-state index in [4.69, 9.17) is 18.5 Å². The number of esters is 2. The molecular weight excluding hydrogens is 1040 g/mol. The lowest BCUT2D eigenvalue weighted by molar-refractivity contribution is -0.870. The first-order valence-electron chi connectivity index (χ1n) is 32.2. The third-order valence-electron chi connectivity index (χ3n) is 13.0. The molecule has 2 atom stereocenters. The molecule has 9 nitrogen and oxygen atoms in total. The SMILES string of the molecule is CC/C=C\C/C=C\C/C=C\C/C=C\C/C=C\C/C=C\C/C=C\C/C=C\C/C=C\CCCCCCCCCCCCCC(=O)OC(COC(=O)CCCCCCCC/C=C\C/C=C\C/C=C\C/C=C\CC)COP(=O)([O-])OCC[N+](C)(C)C. The molecule has 0 amide bonds. The van der Waals surface area contributed by atoms with Crippen LogP contribution >= 0.6 is 7.82 Å². The van der Waals surface area contributed by atoms with Crippen LogP contribution in [0, 0.1) is 0 Å². The number of quaternary nitrogens is 1. The minimum absolute atomic E-state index is 0.0419. The molecular formula is C72H118NO8P. The highest BCUT2D eigenvalue weighted by molar-refractivity contribution is 7.45. The van der Waals surface area contributed by atoms with Crippen LogP contribution in [-0.4, -0.2) is 70.0 Å². The lowest BCUT2D eigenvalue weighted by atomic mass is 10.0. The zero-order valence-corrected chi connectivity index (χ0v) is 53.5. The van der Waals surface area contributed by atoms with E-state index in [0.717, 1.165) is 148 Å². The zero-order valence-electron chi connectivity index (χ0n) is 52.6. The van der Waals surface area contributed by atoms with Gasteiger partial charge in [0.2, 0.25) is 0 Å². The topological polar surface area (TPSA) is 111 Å². The number of unbranched alkanes of at least 4 members (excludes halogenated alkanes) is 17. The summed E-state index contributed by atoms with van der Waals surface area (Å²) in [6.45, 7) is 3.98. The maximum Gasteiger partial charge on any atom is 0.306 e. The highest BCUT2D eigenvalue weighted by atomic mass is 31.2. The Morgan fingerprint density at radius 1 is 0.378 bits per heavy atom. The fraction of sp³-hybridized carbons (Fsp3) is 0.611. The number of likely N-dealkylation sites (N-methyl/N-ethyl adjacent to an activating group) is 1. The van der Waals surface area contributed by atoms with Crippen molar-refractivity contribution < 1.29 is 42.1 Å². The summed E-state index contributed by atoms with van der Waals surface area (Å²) in [6.07, 6.45) is 91.6. The van der Waals surface area contributed by atoms with Crippen molar-refractivity contribution in [1.29, 1.82) is 0 Å². The van der Waals surface area contributed by atoms with Crippen molar-refractivity contribution in [2.75, 3.05) is 47.5 Å². The number of nitrogens with zero attached hydrogens (tertiary/aromatic N) is 1. The molecule has 10 heteroatoms. The molecule has 0 radical (unpaired) electrons. The van der Waals surface area contributed by atoms with Crippen LogP contribution in [0.4, 0.5) is 0 Å². The molecule has 0 bridgehead atoms. The van der Waals surface area contributed by atoms with E-state index < -0.39 is 32.5 Å². The number of allylic oxidation sites excluding steroid dienone is 26. The van der Waals surface area contributed by atoms with Crippen LogP contribution in [0.15, 0.2) is 158 Å². The van der Waals surface area contributed by atoms with Gasteiger partial charge < -0.3 is 27.9 Å². The van der Waals surface area contributed by atoms with E-state index in [0.29, 0.717) is 23.9 Å².